The first-order valence-corrected chi connectivity index (χ1v) is 7.35. The van der Waals surface area contributed by atoms with E-state index in [1.54, 1.807) is 0 Å². The van der Waals surface area contributed by atoms with Crippen LogP contribution in [-0.4, -0.2) is 9.97 Å². The number of hydrazine groups is 1. The molecular weight excluding hydrogens is 336 g/mol. The fourth-order valence-electron chi connectivity index (χ4n) is 1.80. The summed E-state index contributed by atoms with van der Waals surface area (Å²) in [4.78, 5) is 9.19. The molecule has 5 nitrogen and oxygen atoms in total. The van der Waals surface area contributed by atoms with Crippen LogP contribution in [0.4, 0.5) is 21.8 Å². The monoisotopic (exact) mass is 343 g/mol. The summed E-state index contributed by atoms with van der Waals surface area (Å²) in [6.07, 6.45) is 0. The molecule has 4 N–H and O–H groups in total. The molecule has 1 aromatic carbocycles. The molecule has 0 aliphatic rings. The summed E-state index contributed by atoms with van der Waals surface area (Å²) in [6.45, 7) is 0. The molecule has 0 bridgehead atoms. The van der Waals surface area contributed by atoms with Crippen molar-refractivity contribution < 1.29 is 4.39 Å². The molecule has 0 aliphatic heterocycles. The number of hydrogen-bond donors (Lipinski definition) is 3. The van der Waals surface area contributed by atoms with Crippen molar-refractivity contribution in [2.75, 3.05) is 10.7 Å². The van der Waals surface area contributed by atoms with Gasteiger partial charge in [0.25, 0.3) is 0 Å². The van der Waals surface area contributed by atoms with Crippen LogP contribution < -0.4 is 16.6 Å². The highest BCUT2D eigenvalue weighted by atomic mass is 35.5. The predicted octanol–water partition coefficient (Wildman–Crippen LogP) is 4.17. The highest BCUT2D eigenvalue weighted by molar-refractivity contribution is 7.16. The van der Waals surface area contributed by atoms with Crippen molar-refractivity contribution in [1.29, 1.82) is 0 Å². The Labute approximate surface area is 132 Å². The number of benzene rings is 1. The van der Waals surface area contributed by atoms with E-state index in [2.05, 4.69) is 20.7 Å². The van der Waals surface area contributed by atoms with Crippen LogP contribution in [0.25, 0.3) is 10.2 Å². The molecule has 0 unspecified atom stereocenters. The predicted molar refractivity (Wildman–Crippen MR) is 84.9 cm³/mol. The van der Waals surface area contributed by atoms with Gasteiger partial charge >= 0.3 is 0 Å². The van der Waals surface area contributed by atoms with Gasteiger partial charge in [-0.25, -0.2) is 15.2 Å². The van der Waals surface area contributed by atoms with Crippen LogP contribution in [0.5, 0.6) is 0 Å². The van der Waals surface area contributed by atoms with Gasteiger partial charge in [0.05, 0.1) is 21.1 Å². The lowest BCUT2D eigenvalue weighted by Crippen LogP contribution is -2.11. The van der Waals surface area contributed by atoms with Gasteiger partial charge < -0.3 is 5.32 Å². The van der Waals surface area contributed by atoms with E-state index < -0.39 is 5.82 Å². The molecule has 2 aromatic heterocycles. The number of rotatable bonds is 3. The largest absolute Gasteiger partial charge is 0.337 e. The minimum absolute atomic E-state index is 0.157. The summed E-state index contributed by atoms with van der Waals surface area (Å²) < 4.78 is 13.2. The van der Waals surface area contributed by atoms with Crippen molar-refractivity contribution in [3.05, 3.63) is 39.4 Å². The van der Waals surface area contributed by atoms with Crippen molar-refractivity contribution in [3.8, 4) is 0 Å². The Morgan fingerprint density at radius 1 is 1.19 bits per heavy atom. The third kappa shape index (κ3) is 2.73. The molecule has 9 heteroatoms. The Balaban J connectivity index is 2.11. The molecular formula is C12H8Cl2FN5S. The molecule has 0 amide bonds. The molecule has 0 saturated heterocycles. The molecule has 108 valence electrons. The molecule has 21 heavy (non-hydrogen) atoms. The standard InChI is InChI=1S/C12H8Cl2FN5S/c13-7-3-5(15)4-8(14)9(7)17-10-6-1-2-21-11(6)19-12(18-10)20-16/h1-4H,16H2,(H2,17,18,19,20). The van der Waals surface area contributed by atoms with Gasteiger partial charge in [0.15, 0.2) is 0 Å². The molecule has 0 spiro atoms. The van der Waals surface area contributed by atoms with Gasteiger partial charge in [-0.15, -0.1) is 11.3 Å². The number of fused-ring (bicyclic) bond motifs is 1. The summed E-state index contributed by atoms with van der Waals surface area (Å²) in [5, 5.41) is 5.98. The van der Waals surface area contributed by atoms with Gasteiger partial charge in [-0.05, 0) is 23.6 Å². The zero-order valence-corrected chi connectivity index (χ0v) is 12.7. The lowest BCUT2D eigenvalue weighted by molar-refractivity contribution is 0.628. The second-order valence-corrected chi connectivity index (χ2v) is 5.76. The third-order valence-electron chi connectivity index (χ3n) is 2.70. The van der Waals surface area contributed by atoms with E-state index in [4.69, 9.17) is 29.0 Å². The fourth-order valence-corrected chi connectivity index (χ4v) is 3.11. The summed E-state index contributed by atoms with van der Waals surface area (Å²) in [6, 6.07) is 4.20. The van der Waals surface area contributed by atoms with Crippen LogP contribution in [-0.2, 0) is 0 Å². The SMILES string of the molecule is NNc1nc(Nc2c(Cl)cc(F)cc2Cl)c2ccsc2n1. The van der Waals surface area contributed by atoms with Gasteiger partial charge in [0, 0.05) is 0 Å². The highest BCUT2D eigenvalue weighted by Gasteiger charge is 2.13. The number of anilines is 3. The maximum Gasteiger partial charge on any atom is 0.240 e. The summed E-state index contributed by atoms with van der Waals surface area (Å²) in [5.74, 6) is 5.57. The summed E-state index contributed by atoms with van der Waals surface area (Å²) in [5.41, 5.74) is 2.76. The second-order valence-electron chi connectivity index (χ2n) is 4.05. The minimum atomic E-state index is -0.511. The van der Waals surface area contributed by atoms with Crippen molar-refractivity contribution in [3.63, 3.8) is 0 Å². The Kier molecular flexibility index (Phi) is 3.81. The zero-order chi connectivity index (χ0) is 15.0. The van der Waals surface area contributed by atoms with Gasteiger partial charge in [-0.2, -0.15) is 4.98 Å². The first-order valence-electron chi connectivity index (χ1n) is 5.72. The number of nitrogen functional groups attached to an aromatic ring is 1. The van der Waals surface area contributed by atoms with Crippen LogP contribution in [0.3, 0.4) is 0 Å². The maximum atomic E-state index is 13.2. The van der Waals surface area contributed by atoms with Crippen molar-refractivity contribution >= 4 is 62.2 Å². The molecule has 0 atom stereocenters. The van der Waals surface area contributed by atoms with E-state index in [9.17, 15) is 4.39 Å². The number of aromatic nitrogens is 2. The van der Waals surface area contributed by atoms with Crippen LogP contribution in [0.15, 0.2) is 23.6 Å². The Hall–Kier alpha value is -1.67. The van der Waals surface area contributed by atoms with E-state index >= 15 is 0 Å². The Bertz CT molecular complexity index is 800. The number of halogens is 3. The lowest BCUT2D eigenvalue weighted by Gasteiger charge is -2.11. The highest BCUT2D eigenvalue weighted by Crippen LogP contribution is 2.36. The molecule has 3 aromatic rings. The summed E-state index contributed by atoms with van der Waals surface area (Å²) >= 11 is 13.5. The maximum absolute atomic E-state index is 13.2. The molecule has 2 heterocycles. The van der Waals surface area contributed by atoms with Crippen LogP contribution >= 0.6 is 34.5 Å². The zero-order valence-electron chi connectivity index (χ0n) is 10.3. The normalized spacial score (nSPS) is 10.9. The molecule has 0 fully saturated rings. The number of thiophene rings is 1. The Morgan fingerprint density at radius 2 is 1.90 bits per heavy atom. The average molecular weight is 344 g/mol. The smallest absolute Gasteiger partial charge is 0.240 e. The number of nitrogens with zero attached hydrogens (tertiary/aromatic N) is 2. The number of hydrogen-bond acceptors (Lipinski definition) is 6. The minimum Gasteiger partial charge on any atom is -0.337 e. The Morgan fingerprint density at radius 3 is 2.57 bits per heavy atom. The van der Waals surface area contributed by atoms with Crippen molar-refractivity contribution in [1.82, 2.24) is 9.97 Å². The van der Waals surface area contributed by atoms with Crippen molar-refractivity contribution in [2.45, 2.75) is 0 Å². The fraction of sp³-hybridized carbons (Fsp3) is 0. The lowest BCUT2D eigenvalue weighted by atomic mass is 10.3. The van der Waals surface area contributed by atoms with E-state index in [0.29, 0.717) is 11.5 Å². The number of nitrogens with two attached hydrogens (primary N) is 1. The first kappa shape index (κ1) is 14.3. The summed E-state index contributed by atoms with van der Waals surface area (Å²) in [7, 11) is 0. The van der Waals surface area contributed by atoms with Gasteiger partial charge in [0.2, 0.25) is 5.95 Å². The first-order chi connectivity index (χ1) is 10.1. The second kappa shape index (κ2) is 5.61. The van der Waals surface area contributed by atoms with Crippen LogP contribution in [0.2, 0.25) is 10.0 Å². The van der Waals surface area contributed by atoms with Gasteiger partial charge in [0.1, 0.15) is 16.5 Å². The van der Waals surface area contributed by atoms with E-state index in [-0.39, 0.29) is 16.0 Å². The van der Waals surface area contributed by atoms with Crippen LogP contribution in [0, 0.1) is 5.82 Å². The molecule has 3 rings (SSSR count). The van der Waals surface area contributed by atoms with E-state index in [0.717, 1.165) is 10.2 Å². The van der Waals surface area contributed by atoms with E-state index in [1.807, 2.05) is 11.4 Å². The number of nitrogens with one attached hydrogen (secondary N) is 2. The van der Waals surface area contributed by atoms with Crippen molar-refractivity contribution in [2.24, 2.45) is 5.84 Å². The van der Waals surface area contributed by atoms with Gasteiger partial charge in [-0.1, -0.05) is 23.2 Å². The topological polar surface area (TPSA) is 75.9 Å². The van der Waals surface area contributed by atoms with Crippen LogP contribution in [0.1, 0.15) is 0 Å². The molecule has 0 aliphatic carbocycles. The van der Waals surface area contributed by atoms with Gasteiger partial charge in [-0.3, -0.25) is 5.43 Å². The molecule has 0 saturated carbocycles. The van der Waals surface area contributed by atoms with E-state index in [1.165, 1.54) is 23.5 Å². The third-order valence-corrected chi connectivity index (χ3v) is 4.11. The quantitative estimate of drug-likeness (QED) is 0.491. The average Bonchev–Trinajstić information content (AvgIpc) is 2.90. The molecule has 0 radical (unpaired) electrons.